The van der Waals surface area contributed by atoms with Crippen LogP contribution in [0, 0.1) is 0 Å². The lowest BCUT2D eigenvalue weighted by atomic mass is 9.99. The highest BCUT2D eigenvalue weighted by atomic mass is 32.3. The minimum absolute atomic E-state index is 0.267. The highest BCUT2D eigenvalue weighted by Gasteiger charge is 2.48. The molecule has 7 N–H and O–H groups in total. The third-order valence-corrected chi connectivity index (χ3v) is 14.0. The average molecular weight is 966 g/mol. The van der Waals surface area contributed by atoms with Crippen molar-refractivity contribution in [3.63, 3.8) is 0 Å². The zero-order valence-corrected chi connectivity index (χ0v) is 43.0. The normalized spacial score (nSPS) is 20.4. The summed E-state index contributed by atoms with van der Waals surface area (Å²) in [4.78, 5) is 13.2. The van der Waals surface area contributed by atoms with Crippen LogP contribution < -0.4 is 5.32 Å². The number of aliphatic hydroxyl groups excluding tert-OH is 5. The van der Waals surface area contributed by atoms with Gasteiger partial charge in [0.2, 0.25) is 5.91 Å². The van der Waals surface area contributed by atoms with Crippen molar-refractivity contribution in [1.29, 1.82) is 0 Å². The standard InChI is InChI=1S/C52H103NO12S/c1-3-5-7-9-11-13-15-17-19-21-22-23-24-25-27-29-31-33-35-37-39-41-46(56)51(59)53-44(43-63-52-49(58)50(65-66(60,61)62)48(57)47(42-54)64-52)45(55)40-38-36-34-32-30-28-26-20-18-16-14-12-10-8-6-4-2/h44-50,52,54-58H,3-43H2,1-2H3,(H,53,59)(H,60,61,62). The van der Waals surface area contributed by atoms with E-state index >= 15 is 0 Å². The van der Waals surface area contributed by atoms with Crippen molar-refractivity contribution in [2.45, 2.75) is 313 Å². The molecular weight excluding hydrogens is 863 g/mol. The highest BCUT2D eigenvalue weighted by molar-refractivity contribution is 7.80. The van der Waals surface area contributed by atoms with Crippen LogP contribution in [-0.2, 0) is 28.9 Å². The Labute approximate surface area is 403 Å². The molecule has 0 saturated carbocycles. The molecule has 1 aliphatic rings. The number of unbranched alkanes of at least 4 members (excludes halogenated alkanes) is 35. The molecule has 1 fully saturated rings. The summed E-state index contributed by atoms with van der Waals surface area (Å²) in [6.45, 7) is 3.32. The van der Waals surface area contributed by atoms with Crippen LogP contribution in [0.1, 0.15) is 264 Å². The van der Waals surface area contributed by atoms with Gasteiger partial charge in [-0.2, -0.15) is 8.42 Å². The molecule has 0 spiro atoms. The first-order chi connectivity index (χ1) is 31.9. The van der Waals surface area contributed by atoms with Gasteiger partial charge in [-0.05, 0) is 12.8 Å². The number of aliphatic hydroxyl groups is 5. The Kier molecular flexibility index (Phi) is 41.0. The fraction of sp³-hybridized carbons (Fsp3) is 0.981. The monoisotopic (exact) mass is 966 g/mol. The molecule has 1 saturated heterocycles. The zero-order chi connectivity index (χ0) is 48.5. The molecule has 0 radical (unpaired) electrons. The summed E-state index contributed by atoms with van der Waals surface area (Å²) in [6.07, 6.45) is 35.7. The Morgan fingerprint density at radius 2 is 0.879 bits per heavy atom. The van der Waals surface area contributed by atoms with Gasteiger partial charge in [0.1, 0.15) is 30.5 Å². The molecule has 1 amide bonds. The Morgan fingerprint density at radius 3 is 1.21 bits per heavy atom. The van der Waals surface area contributed by atoms with E-state index in [1.807, 2.05) is 0 Å². The van der Waals surface area contributed by atoms with Crippen LogP contribution in [0.2, 0.25) is 0 Å². The van der Waals surface area contributed by atoms with Crippen molar-refractivity contribution in [3.8, 4) is 0 Å². The first-order valence-corrected chi connectivity index (χ1v) is 28.9. The summed E-state index contributed by atoms with van der Waals surface area (Å²) >= 11 is 0. The quantitative estimate of drug-likeness (QED) is 0.0224. The first-order valence-electron chi connectivity index (χ1n) is 27.5. The van der Waals surface area contributed by atoms with Gasteiger partial charge in [-0.1, -0.05) is 251 Å². The van der Waals surface area contributed by atoms with Crippen molar-refractivity contribution < 1.29 is 57.0 Å². The van der Waals surface area contributed by atoms with E-state index in [0.717, 1.165) is 38.5 Å². The van der Waals surface area contributed by atoms with Crippen molar-refractivity contribution in [2.24, 2.45) is 0 Å². The minimum Gasteiger partial charge on any atom is -0.394 e. The second-order valence-corrected chi connectivity index (χ2v) is 20.7. The maximum Gasteiger partial charge on any atom is 0.397 e. The first kappa shape index (κ1) is 63.1. The van der Waals surface area contributed by atoms with Crippen molar-refractivity contribution in [2.75, 3.05) is 13.2 Å². The predicted octanol–water partition coefficient (Wildman–Crippen LogP) is 11.1. The molecule has 1 aliphatic heterocycles. The van der Waals surface area contributed by atoms with Gasteiger partial charge in [0, 0.05) is 0 Å². The van der Waals surface area contributed by atoms with E-state index in [0.29, 0.717) is 19.3 Å². The van der Waals surface area contributed by atoms with E-state index in [9.17, 15) is 43.3 Å². The number of ether oxygens (including phenoxy) is 2. The van der Waals surface area contributed by atoms with E-state index in [2.05, 4.69) is 23.3 Å². The van der Waals surface area contributed by atoms with Crippen molar-refractivity contribution in [1.82, 2.24) is 5.32 Å². The predicted molar refractivity (Wildman–Crippen MR) is 265 cm³/mol. The average Bonchev–Trinajstić information content (AvgIpc) is 3.29. The summed E-state index contributed by atoms with van der Waals surface area (Å²) < 4.78 is 47.8. The molecule has 13 nitrogen and oxygen atoms in total. The van der Waals surface area contributed by atoms with Gasteiger partial charge in [-0.25, -0.2) is 4.18 Å². The maximum atomic E-state index is 13.2. The summed E-state index contributed by atoms with van der Waals surface area (Å²) in [6, 6.07) is -1.03. The van der Waals surface area contributed by atoms with Crippen LogP contribution in [0.3, 0.4) is 0 Å². The van der Waals surface area contributed by atoms with Crippen LogP contribution >= 0.6 is 0 Å². The van der Waals surface area contributed by atoms with Crippen molar-refractivity contribution in [3.05, 3.63) is 0 Å². The number of hydrogen-bond donors (Lipinski definition) is 7. The van der Waals surface area contributed by atoms with E-state index < -0.39 is 78.5 Å². The fourth-order valence-corrected chi connectivity index (χ4v) is 9.68. The van der Waals surface area contributed by atoms with Gasteiger partial charge in [-0.15, -0.1) is 0 Å². The van der Waals surface area contributed by atoms with Crippen LogP contribution in [0.25, 0.3) is 0 Å². The van der Waals surface area contributed by atoms with Gasteiger partial charge >= 0.3 is 10.4 Å². The van der Waals surface area contributed by atoms with Crippen LogP contribution in [0.4, 0.5) is 0 Å². The summed E-state index contributed by atoms with van der Waals surface area (Å²) in [7, 11) is -5.11. The summed E-state index contributed by atoms with van der Waals surface area (Å²) in [5.41, 5.74) is 0. The van der Waals surface area contributed by atoms with Crippen LogP contribution in [0.5, 0.6) is 0 Å². The van der Waals surface area contributed by atoms with E-state index in [1.165, 1.54) is 186 Å². The molecule has 0 bridgehead atoms. The number of carbonyl (C=O) groups excluding carboxylic acids is 1. The van der Waals surface area contributed by atoms with E-state index in [1.54, 1.807) is 0 Å². The lowest BCUT2D eigenvalue weighted by Crippen LogP contribution is -2.61. The molecule has 1 heterocycles. The second kappa shape index (κ2) is 42.9. The molecule has 0 aliphatic carbocycles. The number of rotatable bonds is 48. The molecule has 1 rings (SSSR count). The Hall–Kier alpha value is -0.940. The SMILES string of the molecule is CCCCCCCCCCCCCCCCCCCCCCCC(O)C(=O)NC(COC1OC(CO)C(O)C(OS(=O)(=O)O)C1O)C(O)CCCCCCCCCCCCCCCCCC. The van der Waals surface area contributed by atoms with Gasteiger partial charge in [-0.3, -0.25) is 9.35 Å². The maximum absolute atomic E-state index is 13.2. The summed E-state index contributed by atoms with van der Waals surface area (Å²) in [5, 5.41) is 55.6. The van der Waals surface area contributed by atoms with Crippen LogP contribution in [-0.4, -0.2) is 107 Å². The molecule has 8 unspecified atom stereocenters. The highest BCUT2D eigenvalue weighted by Crippen LogP contribution is 2.26. The number of amides is 1. The van der Waals surface area contributed by atoms with Crippen LogP contribution in [0.15, 0.2) is 0 Å². The van der Waals surface area contributed by atoms with E-state index in [4.69, 9.17) is 9.47 Å². The van der Waals surface area contributed by atoms with Gasteiger partial charge in [0.05, 0.1) is 25.4 Å². The smallest absolute Gasteiger partial charge is 0.394 e. The molecule has 66 heavy (non-hydrogen) atoms. The molecule has 0 aromatic heterocycles. The molecule has 8 atom stereocenters. The Bertz CT molecular complexity index is 1200. The Balaban J connectivity index is 2.42. The largest absolute Gasteiger partial charge is 0.397 e. The molecule has 394 valence electrons. The second-order valence-electron chi connectivity index (χ2n) is 19.7. The number of hydrogen-bond acceptors (Lipinski definition) is 11. The third-order valence-electron chi connectivity index (χ3n) is 13.5. The Morgan fingerprint density at radius 1 is 0.545 bits per heavy atom. The van der Waals surface area contributed by atoms with Gasteiger partial charge < -0.3 is 40.3 Å². The number of nitrogens with one attached hydrogen (secondary N) is 1. The zero-order valence-electron chi connectivity index (χ0n) is 42.2. The van der Waals surface area contributed by atoms with Gasteiger partial charge in [0.15, 0.2) is 6.29 Å². The lowest BCUT2D eigenvalue weighted by molar-refractivity contribution is -0.298. The fourth-order valence-electron chi connectivity index (χ4n) is 9.17. The topological polar surface area (TPSA) is 212 Å². The number of carbonyl (C=O) groups is 1. The summed E-state index contributed by atoms with van der Waals surface area (Å²) in [5.74, 6) is -0.663. The van der Waals surface area contributed by atoms with E-state index in [-0.39, 0.29) is 6.42 Å². The molecule has 0 aromatic rings. The third kappa shape index (κ3) is 34.4. The van der Waals surface area contributed by atoms with Crippen molar-refractivity contribution >= 4 is 16.3 Å². The minimum atomic E-state index is -5.11. The lowest BCUT2D eigenvalue weighted by Gasteiger charge is -2.41. The molecular formula is C52H103NO12S. The molecule has 0 aromatic carbocycles. The molecule has 14 heteroatoms. The van der Waals surface area contributed by atoms with Gasteiger partial charge in [0.25, 0.3) is 0 Å².